The molecule has 0 unspecified atom stereocenters. The Hall–Kier alpha value is -2.78. The van der Waals surface area contributed by atoms with Crippen LogP contribution in [0.25, 0.3) is 6.08 Å². The molecule has 1 aliphatic rings. The SMILES string of the molecule is CC(=O)OCCc1nccc(N2CCN(S(=O)(=O)C=Cc3ccccc3)CC2)n1. The second kappa shape index (κ2) is 9.62. The van der Waals surface area contributed by atoms with Gasteiger partial charge in [-0.25, -0.2) is 18.4 Å². The number of hydrogen-bond acceptors (Lipinski definition) is 7. The molecule has 1 fully saturated rings. The first-order valence-corrected chi connectivity index (χ1v) is 10.9. The van der Waals surface area contributed by atoms with Crippen molar-refractivity contribution >= 4 is 27.9 Å². The lowest BCUT2D eigenvalue weighted by molar-refractivity contribution is -0.140. The van der Waals surface area contributed by atoms with Crippen LogP contribution in [-0.4, -0.2) is 61.4 Å². The van der Waals surface area contributed by atoms with Gasteiger partial charge in [0.25, 0.3) is 0 Å². The van der Waals surface area contributed by atoms with Crippen molar-refractivity contribution in [1.82, 2.24) is 14.3 Å². The zero-order valence-electron chi connectivity index (χ0n) is 16.3. The molecule has 0 radical (unpaired) electrons. The first-order valence-electron chi connectivity index (χ1n) is 9.37. The average molecular weight is 417 g/mol. The predicted molar refractivity (Wildman–Crippen MR) is 111 cm³/mol. The maximum atomic E-state index is 12.6. The van der Waals surface area contributed by atoms with Gasteiger partial charge in [0.2, 0.25) is 10.0 Å². The predicted octanol–water partition coefficient (Wildman–Crippen LogP) is 1.70. The number of ether oxygens (including phenoxy) is 1. The fourth-order valence-electron chi connectivity index (χ4n) is 2.96. The number of sulfonamides is 1. The molecule has 2 heterocycles. The second-order valence-corrected chi connectivity index (χ2v) is 8.38. The maximum Gasteiger partial charge on any atom is 0.302 e. The summed E-state index contributed by atoms with van der Waals surface area (Å²) in [6.07, 6.45) is 3.71. The molecule has 0 saturated carbocycles. The summed E-state index contributed by atoms with van der Waals surface area (Å²) >= 11 is 0. The Balaban J connectivity index is 1.57. The third-order valence-electron chi connectivity index (χ3n) is 4.48. The van der Waals surface area contributed by atoms with E-state index in [4.69, 9.17) is 4.74 Å². The molecule has 29 heavy (non-hydrogen) atoms. The molecule has 9 heteroatoms. The Morgan fingerprint density at radius 3 is 2.55 bits per heavy atom. The summed E-state index contributed by atoms with van der Waals surface area (Å²) < 4.78 is 31.6. The van der Waals surface area contributed by atoms with Gasteiger partial charge in [0.1, 0.15) is 11.6 Å². The number of benzene rings is 1. The number of rotatable bonds is 7. The molecule has 0 amide bonds. The highest BCUT2D eigenvalue weighted by Gasteiger charge is 2.25. The van der Waals surface area contributed by atoms with Gasteiger partial charge in [0, 0.05) is 51.1 Å². The van der Waals surface area contributed by atoms with Gasteiger partial charge < -0.3 is 9.64 Å². The van der Waals surface area contributed by atoms with E-state index in [-0.39, 0.29) is 12.6 Å². The third kappa shape index (κ3) is 6.10. The minimum absolute atomic E-state index is 0.235. The Bertz CT molecular complexity index is 955. The van der Waals surface area contributed by atoms with Crippen LogP contribution in [0.5, 0.6) is 0 Å². The molecule has 0 atom stereocenters. The molecule has 2 aromatic rings. The van der Waals surface area contributed by atoms with Crippen molar-refractivity contribution in [2.24, 2.45) is 0 Å². The van der Waals surface area contributed by atoms with Gasteiger partial charge in [-0.3, -0.25) is 4.79 Å². The fraction of sp³-hybridized carbons (Fsp3) is 0.350. The molecule has 3 rings (SSSR count). The van der Waals surface area contributed by atoms with Crippen LogP contribution in [0.2, 0.25) is 0 Å². The van der Waals surface area contributed by atoms with Crippen molar-refractivity contribution in [3.63, 3.8) is 0 Å². The molecule has 154 valence electrons. The van der Waals surface area contributed by atoms with Crippen LogP contribution >= 0.6 is 0 Å². The van der Waals surface area contributed by atoms with Crippen molar-refractivity contribution in [2.45, 2.75) is 13.3 Å². The molecular formula is C20H24N4O4S. The Morgan fingerprint density at radius 2 is 1.86 bits per heavy atom. The van der Waals surface area contributed by atoms with Crippen LogP contribution in [0.3, 0.4) is 0 Å². The molecule has 0 aliphatic carbocycles. The first-order chi connectivity index (χ1) is 13.9. The standard InChI is InChI=1S/C20H24N4O4S/c1-17(25)28-15-8-19-21-10-7-20(22-19)23-11-13-24(14-12-23)29(26,27)16-9-18-5-3-2-4-6-18/h2-7,9-10,16H,8,11-15H2,1H3. The number of esters is 1. The number of aromatic nitrogens is 2. The Morgan fingerprint density at radius 1 is 1.14 bits per heavy atom. The molecule has 1 aromatic carbocycles. The van der Waals surface area contributed by atoms with Gasteiger partial charge >= 0.3 is 5.97 Å². The van der Waals surface area contributed by atoms with Crippen LogP contribution in [-0.2, 0) is 26.0 Å². The van der Waals surface area contributed by atoms with Gasteiger partial charge in [-0.1, -0.05) is 30.3 Å². The van der Waals surface area contributed by atoms with Gasteiger partial charge in [-0.05, 0) is 17.7 Å². The molecule has 0 bridgehead atoms. The Kier molecular flexibility index (Phi) is 6.95. The van der Waals surface area contributed by atoms with Crippen LogP contribution in [0, 0.1) is 0 Å². The zero-order chi connectivity index (χ0) is 20.7. The molecule has 0 N–H and O–H groups in total. The first kappa shape index (κ1) is 20.9. The molecular weight excluding hydrogens is 392 g/mol. The van der Waals surface area contributed by atoms with Crippen LogP contribution in [0.4, 0.5) is 5.82 Å². The summed E-state index contributed by atoms with van der Waals surface area (Å²) in [5.74, 6) is 0.999. The second-order valence-electron chi connectivity index (χ2n) is 6.57. The van der Waals surface area contributed by atoms with Crippen molar-refractivity contribution in [1.29, 1.82) is 0 Å². The van der Waals surface area contributed by atoms with Gasteiger partial charge in [0.05, 0.1) is 6.61 Å². The fourth-order valence-corrected chi connectivity index (χ4v) is 4.13. The summed E-state index contributed by atoms with van der Waals surface area (Å²) in [4.78, 5) is 21.6. The Labute approximate surface area is 170 Å². The summed E-state index contributed by atoms with van der Waals surface area (Å²) in [7, 11) is -3.47. The lowest BCUT2D eigenvalue weighted by Gasteiger charge is -2.34. The topological polar surface area (TPSA) is 92.7 Å². The molecule has 1 aliphatic heterocycles. The smallest absolute Gasteiger partial charge is 0.302 e. The van der Waals surface area contributed by atoms with Crippen molar-refractivity contribution in [3.8, 4) is 0 Å². The highest BCUT2D eigenvalue weighted by Crippen LogP contribution is 2.16. The lowest BCUT2D eigenvalue weighted by Crippen LogP contribution is -2.48. The molecule has 8 nitrogen and oxygen atoms in total. The van der Waals surface area contributed by atoms with Crippen LogP contribution < -0.4 is 4.90 Å². The van der Waals surface area contributed by atoms with E-state index in [1.807, 2.05) is 35.2 Å². The summed E-state index contributed by atoms with van der Waals surface area (Å²) in [5.41, 5.74) is 0.844. The molecule has 1 aromatic heterocycles. The number of hydrogen-bond donors (Lipinski definition) is 0. The lowest BCUT2D eigenvalue weighted by atomic mass is 10.2. The number of carbonyl (C=O) groups excluding carboxylic acids is 1. The highest BCUT2D eigenvalue weighted by atomic mass is 32.2. The minimum atomic E-state index is -3.47. The van der Waals surface area contributed by atoms with Crippen LogP contribution in [0.15, 0.2) is 48.0 Å². The van der Waals surface area contributed by atoms with Crippen molar-refractivity contribution in [3.05, 3.63) is 59.4 Å². The van der Waals surface area contributed by atoms with Gasteiger partial charge in [-0.15, -0.1) is 0 Å². The van der Waals surface area contributed by atoms with E-state index in [1.54, 1.807) is 18.3 Å². The normalized spacial score (nSPS) is 15.6. The van der Waals surface area contributed by atoms with E-state index in [0.717, 1.165) is 11.4 Å². The van der Waals surface area contributed by atoms with Crippen molar-refractivity contribution < 1.29 is 17.9 Å². The number of nitrogens with zero attached hydrogens (tertiary/aromatic N) is 4. The van der Waals surface area contributed by atoms with E-state index >= 15 is 0 Å². The third-order valence-corrected chi connectivity index (χ3v) is 6.04. The number of piperazine rings is 1. The van der Waals surface area contributed by atoms with E-state index < -0.39 is 10.0 Å². The van der Waals surface area contributed by atoms with Gasteiger partial charge in [-0.2, -0.15) is 4.31 Å². The monoisotopic (exact) mass is 416 g/mol. The summed E-state index contributed by atoms with van der Waals surface area (Å²) in [6.45, 7) is 3.44. The van der Waals surface area contributed by atoms with E-state index in [9.17, 15) is 13.2 Å². The van der Waals surface area contributed by atoms with E-state index in [0.29, 0.717) is 38.4 Å². The largest absolute Gasteiger partial charge is 0.465 e. The quantitative estimate of drug-likeness (QED) is 0.634. The molecule has 1 saturated heterocycles. The zero-order valence-corrected chi connectivity index (χ0v) is 17.1. The van der Waals surface area contributed by atoms with Gasteiger partial charge in [0.15, 0.2) is 0 Å². The number of carbonyl (C=O) groups is 1. The van der Waals surface area contributed by atoms with E-state index in [2.05, 4.69) is 9.97 Å². The van der Waals surface area contributed by atoms with Crippen molar-refractivity contribution in [2.75, 3.05) is 37.7 Å². The highest BCUT2D eigenvalue weighted by molar-refractivity contribution is 7.92. The van der Waals surface area contributed by atoms with Crippen LogP contribution in [0.1, 0.15) is 18.3 Å². The summed E-state index contributed by atoms with van der Waals surface area (Å²) in [5, 5.41) is 1.26. The number of anilines is 1. The molecule has 0 spiro atoms. The maximum absolute atomic E-state index is 12.6. The van der Waals surface area contributed by atoms with E-state index in [1.165, 1.54) is 16.6 Å². The average Bonchev–Trinajstić information content (AvgIpc) is 2.73. The minimum Gasteiger partial charge on any atom is -0.465 e. The summed E-state index contributed by atoms with van der Waals surface area (Å²) in [6, 6.07) is 11.1.